The number of aliphatic hydroxyl groups excluding tert-OH is 1. The molecule has 2 rings (SSSR count). The van der Waals surface area contributed by atoms with Crippen LogP contribution in [0.3, 0.4) is 0 Å². The fourth-order valence-corrected chi connectivity index (χ4v) is 3.25. The number of nitro groups is 1. The van der Waals surface area contributed by atoms with Crippen molar-refractivity contribution in [1.29, 1.82) is 0 Å². The zero-order valence-corrected chi connectivity index (χ0v) is 14.1. The number of non-ortho nitro benzene ring substituents is 1. The number of nitrogens with zero attached hydrogens (tertiary/aromatic N) is 1. The predicted octanol–water partition coefficient (Wildman–Crippen LogP) is 0.804. The molecule has 8 nitrogen and oxygen atoms in total. The van der Waals surface area contributed by atoms with E-state index in [9.17, 15) is 23.6 Å². The maximum absolute atomic E-state index is 12.2. The third-order valence-corrected chi connectivity index (χ3v) is 5.09. The number of aliphatic hydroxyl groups is 1. The second-order valence-electron chi connectivity index (χ2n) is 5.52. The lowest BCUT2D eigenvalue weighted by Gasteiger charge is -2.19. The van der Waals surface area contributed by atoms with Crippen molar-refractivity contribution in [1.82, 2.24) is 4.72 Å². The van der Waals surface area contributed by atoms with Crippen LogP contribution in [0.4, 0.5) is 5.69 Å². The molecular weight excluding hydrogens is 346 g/mol. The number of nitro benzene ring substituents is 1. The minimum absolute atomic E-state index is 0.123. The van der Waals surface area contributed by atoms with E-state index in [-0.39, 0.29) is 17.1 Å². The highest BCUT2D eigenvalue weighted by Gasteiger charge is 2.20. The second-order valence-corrected chi connectivity index (χ2v) is 7.29. The first-order valence-electron chi connectivity index (χ1n) is 7.51. The number of benzene rings is 2. The van der Waals surface area contributed by atoms with Crippen LogP contribution in [0, 0.1) is 10.1 Å². The topological polar surface area (TPSA) is 136 Å². The molecule has 134 valence electrons. The third kappa shape index (κ3) is 5.33. The van der Waals surface area contributed by atoms with Crippen LogP contribution in [0.1, 0.15) is 5.56 Å². The molecule has 2 unspecified atom stereocenters. The molecule has 0 bridgehead atoms. The highest BCUT2D eigenvalue weighted by Crippen LogP contribution is 2.15. The van der Waals surface area contributed by atoms with Crippen LogP contribution in [-0.4, -0.2) is 37.1 Å². The van der Waals surface area contributed by atoms with Gasteiger partial charge in [-0.3, -0.25) is 10.1 Å². The zero-order chi connectivity index (χ0) is 18.4. The summed E-state index contributed by atoms with van der Waals surface area (Å²) in [4.78, 5) is 9.86. The highest BCUT2D eigenvalue weighted by molar-refractivity contribution is 7.89. The Morgan fingerprint density at radius 3 is 2.28 bits per heavy atom. The van der Waals surface area contributed by atoms with Gasteiger partial charge in [-0.1, -0.05) is 30.3 Å². The van der Waals surface area contributed by atoms with Gasteiger partial charge in [0.15, 0.2) is 0 Å². The van der Waals surface area contributed by atoms with Crippen LogP contribution in [0.25, 0.3) is 0 Å². The monoisotopic (exact) mass is 365 g/mol. The van der Waals surface area contributed by atoms with Crippen molar-refractivity contribution in [3.8, 4) is 0 Å². The smallest absolute Gasteiger partial charge is 0.269 e. The average molecular weight is 365 g/mol. The van der Waals surface area contributed by atoms with Crippen LogP contribution in [-0.2, 0) is 16.4 Å². The lowest BCUT2D eigenvalue weighted by molar-refractivity contribution is -0.384. The van der Waals surface area contributed by atoms with Crippen LogP contribution in [0.5, 0.6) is 0 Å². The van der Waals surface area contributed by atoms with E-state index in [1.807, 2.05) is 30.3 Å². The first-order chi connectivity index (χ1) is 11.8. The number of nitrogens with one attached hydrogen (secondary N) is 1. The second kappa shape index (κ2) is 8.17. The van der Waals surface area contributed by atoms with Gasteiger partial charge in [0.1, 0.15) is 0 Å². The normalized spacial score (nSPS) is 14.0. The van der Waals surface area contributed by atoms with E-state index in [1.54, 1.807) is 0 Å². The van der Waals surface area contributed by atoms with Crippen molar-refractivity contribution in [2.24, 2.45) is 5.73 Å². The number of sulfonamides is 1. The Balaban J connectivity index is 1.95. The van der Waals surface area contributed by atoms with Crippen LogP contribution >= 0.6 is 0 Å². The standard InChI is InChI=1S/C16H19N3O5S/c17-15(10-12-4-2-1-3-5-12)16(20)11-18-25(23,24)14-8-6-13(7-9-14)19(21)22/h1-9,15-16,18,20H,10-11,17H2. The Kier molecular flexibility index (Phi) is 6.21. The van der Waals surface area contributed by atoms with Crippen molar-refractivity contribution >= 4 is 15.7 Å². The molecule has 0 heterocycles. The van der Waals surface area contributed by atoms with Gasteiger partial charge in [-0.2, -0.15) is 0 Å². The Morgan fingerprint density at radius 1 is 1.12 bits per heavy atom. The van der Waals surface area contributed by atoms with E-state index in [0.29, 0.717) is 6.42 Å². The largest absolute Gasteiger partial charge is 0.390 e. The SMILES string of the molecule is NC(Cc1ccccc1)C(O)CNS(=O)(=O)c1ccc([N+](=O)[O-])cc1. The Hall–Kier alpha value is -2.33. The molecule has 0 aliphatic carbocycles. The van der Waals surface area contributed by atoms with Crippen molar-refractivity contribution in [2.45, 2.75) is 23.5 Å². The molecule has 0 aromatic heterocycles. The summed E-state index contributed by atoms with van der Waals surface area (Å²) >= 11 is 0. The maximum Gasteiger partial charge on any atom is 0.269 e. The van der Waals surface area contributed by atoms with E-state index in [1.165, 1.54) is 0 Å². The summed E-state index contributed by atoms with van der Waals surface area (Å²) in [7, 11) is -3.89. The molecule has 0 saturated heterocycles. The van der Waals surface area contributed by atoms with E-state index in [2.05, 4.69) is 4.72 Å². The number of hydrogen-bond donors (Lipinski definition) is 3. The molecule has 0 saturated carbocycles. The Morgan fingerprint density at radius 2 is 1.72 bits per heavy atom. The summed E-state index contributed by atoms with van der Waals surface area (Å²) in [5.41, 5.74) is 6.64. The van der Waals surface area contributed by atoms with Gasteiger partial charge in [0.25, 0.3) is 5.69 Å². The van der Waals surface area contributed by atoms with Gasteiger partial charge in [0.2, 0.25) is 10.0 Å². The quantitative estimate of drug-likeness (QED) is 0.468. The minimum atomic E-state index is -3.89. The van der Waals surface area contributed by atoms with Crippen molar-refractivity contribution in [2.75, 3.05) is 6.54 Å². The Bertz CT molecular complexity index is 809. The molecule has 2 aromatic rings. The van der Waals surface area contributed by atoms with Crippen molar-refractivity contribution in [3.05, 3.63) is 70.3 Å². The summed E-state index contributed by atoms with van der Waals surface area (Å²) in [5.74, 6) is 0. The Labute approximate surface area is 145 Å². The van der Waals surface area contributed by atoms with Gasteiger partial charge >= 0.3 is 0 Å². The molecule has 0 fully saturated rings. The van der Waals surface area contributed by atoms with E-state index >= 15 is 0 Å². The molecule has 0 aliphatic rings. The van der Waals surface area contributed by atoms with Gasteiger partial charge in [-0.25, -0.2) is 13.1 Å². The first kappa shape index (κ1) is 19.0. The summed E-state index contributed by atoms with van der Waals surface area (Å²) in [6.45, 7) is -0.257. The lowest BCUT2D eigenvalue weighted by atomic mass is 10.0. The fraction of sp³-hybridized carbons (Fsp3) is 0.250. The fourth-order valence-electron chi connectivity index (χ4n) is 2.20. The van der Waals surface area contributed by atoms with Crippen molar-refractivity contribution < 1.29 is 18.4 Å². The molecule has 0 aliphatic heterocycles. The molecular formula is C16H19N3O5S. The highest BCUT2D eigenvalue weighted by atomic mass is 32.2. The summed E-state index contributed by atoms with van der Waals surface area (Å²) in [5, 5.41) is 20.7. The summed E-state index contributed by atoms with van der Waals surface area (Å²) in [6.07, 6.45) is -0.672. The van der Waals surface area contributed by atoms with Gasteiger partial charge in [-0.15, -0.1) is 0 Å². The van der Waals surface area contributed by atoms with Crippen LogP contribution in [0.15, 0.2) is 59.5 Å². The molecule has 0 amide bonds. The molecule has 0 spiro atoms. The van der Waals surface area contributed by atoms with Gasteiger partial charge in [0.05, 0.1) is 15.9 Å². The molecule has 4 N–H and O–H groups in total. The van der Waals surface area contributed by atoms with Gasteiger partial charge in [-0.05, 0) is 24.1 Å². The molecule has 2 atom stereocenters. The average Bonchev–Trinajstić information content (AvgIpc) is 2.60. The number of nitrogens with two attached hydrogens (primary N) is 1. The van der Waals surface area contributed by atoms with Crippen LogP contribution in [0.2, 0.25) is 0 Å². The third-order valence-electron chi connectivity index (χ3n) is 3.65. The van der Waals surface area contributed by atoms with Crippen molar-refractivity contribution in [3.63, 3.8) is 0 Å². The minimum Gasteiger partial charge on any atom is -0.390 e. The molecule has 0 radical (unpaired) electrons. The van der Waals surface area contributed by atoms with Gasteiger partial charge in [0, 0.05) is 24.7 Å². The molecule has 2 aromatic carbocycles. The lowest BCUT2D eigenvalue weighted by Crippen LogP contribution is -2.44. The van der Waals surface area contributed by atoms with Crippen LogP contribution < -0.4 is 10.5 Å². The first-order valence-corrected chi connectivity index (χ1v) is 8.99. The number of hydrogen-bond acceptors (Lipinski definition) is 6. The molecule has 9 heteroatoms. The number of rotatable bonds is 8. The van der Waals surface area contributed by atoms with Gasteiger partial charge < -0.3 is 10.8 Å². The van der Waals surface area contributed by atoms with E-state index in [0.717, 1.165) is 29.8 Å². The summed E-state index contributed by atoms with van der Waals surface area (Å²) < 4.78 is 26.6. The molecule has 25 heavy (non-hydrogen) atoms. The zero-order valence-electron chi connectivity index (χ0n) is 13.3. The maximum atomic E-state index is 12.2. The summed E-state index contributed by atoms with van der Waals surface area (Å²) in [6, 6.07) is 13.1. The van der Waals surface area contributed by atoms with E-state index in [4.69, 9.17) is 5.73 Å². The van der Waals surface area contributed by atoms with E-state index < -0.39 is 27.1 Å². The predicted molar refractivity (Wildman–Crippen MR) is 92.4 cm³/mol.